The SMILES string of the molecule is CCCCCCCCCC/C=C\CCCCCCCCCCCCCC(=O)OC(COCCCCCCCCCCCCCCCCCCCCC)COP(=O)([O-])OCC[N+](C)(C)C. The van der Waals surface area contributed by atoms with Gasteiger partial charge in [-0.25, -0.2) is 0 Å². The number of allylic oxidation sites excluding steroid dienone is 2. The highest BCUT2D eigenvalue weighted by molar-refractivity contribution is 7.45. The molecule has 0 spiro atoms. The molecule has 0 N–H and O–H groups in total. The number of nitrogens with zero attached hydrogens (tertiary/aromatic N) is 1. The van der Waals surface area contributed by atoms with Gasteiger partial charge in [-0.3, -0.25) is 9.36 Å². The number of phosphoric acid groups is 1. The third-order valence-corrected chi connectivity index (χ3v) is 13.5. The van der Waals surface area contributed by atoms with E-state index in [2.05, 4.69) is 26.0 Å². The van der Waals surface area contributed by atoms with Gasteiger partial charge in [-0.05, 0) is 38.5 Å². The molecule has 0 heterocycles. The van der Waals surface area contributed by atoms with Crippen LogP contribution in [-0.4, -0.2) is 70.7 Å². The fourth-order valence-electron chi connectivity index (χ4n) is 8.25. The van der Waals surface area contributed by atoms with Crippen LogP contribution < -0.4 is 4.89 Å². The van der Waals surface area contributed by atoms with E-state index in [1.807, 2.05) is 21.1 Å². The average Bonchev–Trinajstić information content (AvgIpc) is 3.25. The predicted molar refractivity (Wildman–Crippen MR) is 273 cm³/mol. The Morgan fingerprint density at radius 2 is 0.812 bits per heavy atom. The van der Waals surface area contributed by atoms with Gasteiger partial charge in [0, 0.05) is 13.0 Å². The Morgan fingerprint density at radius 1 is 0.469 bits per heavy atom. The molecule has 0 saturated heterocycles. The molecule has 0 amide bonds. The van der Waals surface area contributed by atoms with E-state index >= 15 is 0 Å². The Balaban J connectivity index is 4.05. The van der Waals surface area contributed by atoms with Crippen molar-refractivity contribution in [3.05, 3.63) is 12.2 Å². The molecule has 0 aromatic heterocycles. The topological polar surface area (TPSA) is 94.1 Å². The first-order chi connectivity index (χ1) is 31.1. The minimum Gasteiger partial charge on any atom is -0.756 e. The number of likely N-dealkylation sites (N-methyl/N-ethyl adjacent to an activating group) is 1. The lowest BCUT2D eigenvalue weighted by atomic mass is 10.0. The molecule has 0 aliphatic carbocycles. The lowest BCUT2D eigenvalue weighted by molar-refractivity contribution is -0.870. The van der Waals surface area contributed by atoms with Crippen molar-refractivity contribution in [3.63, 3.8) is 0 Å². The van der Waals surface area contributed by atoms with Crippen LogP contribution in [0.4, 0.5) is 0 Å². The number of rotatable bonds is 53. The van der Waals surface area contributed by atoms with E-state index in [4.69, 9.17) is 18.5 Å². The van der Waals surface area contributed by atoms with Gasteiger partial charge in [0.1, 0.15) is 19.3 Å². The van der Waals surface area contributed by atoms with Crippen molar-refractivity contribution in [3.8, 4) is 0 Å². The number of hydrogen-bond donors (Lipinski definition) is 0. The minimum absolute atomic E-state index is 0.0299. The van der Waals surface area contributed by atoms with E-state index in [1.165, 1.54) is 225 Å². The van der Waals surface area contributed by atoms with E-state index in [1.54, 1.807) is 0 Å². The summed E-state index contributed by atoms with van der Waals surface area (Å²) in [6.45, 7) is 5.49. The van der Waals surface area contributed by atoms with Gasteiger partial charge in [0.05, 0.1) is 34.4 Å². The summed E-state index contributed by atoms with van der Waals surface area (Å²) >= 11 is 0. The number of esters is 1. The van der Waals surface area contributed by atoms with Crippen molar-refractivity contribution in [1.29, 1.82) is 0 Å². The molecule has 2 atom stereocenters. The zero-order valence-electron chi connectivity index (χ0n) is 43.5. The highest BCUT2D eigenvalue weighted by Crippen LogP contribution is 2.38. The molecule has 0 aliphatic heterocycles. The van der Waals surface area contributed by atoms with E-state index in [9.17, 15) is 14.3 Å². The van der Waals surface area contributed by atoms with Gasteiger partial charge in [0.15, 0.2) is 0 Å². The number of carbonyl (C=O) groups excluding carboxylic acids is 1. The minimum atomic E-state index is -4.53. The van der Waals surface area contributed by atoms with Crippen molar-refractivity contribution in [2.45, 2.75) is 283 Å². The summed E-state index contributed by atoms with van der Waals surface area (Å²) in [5, 5.41) is 0. The number of hydrogen-bond acceptors (Lipinski definition) is 7. The summed E-state index contributed by atoms with van der Waals surface area (Å²) in [4.78, 5) is 25.2. The molecule has 8 nitrogen and oxygen atoms in total. The van der Waals surface area contributed by atoms with Gasteiger partial charge in [-0.15, -0.1) is 0 Å². The summed E-state index contributed by atoms with van der Waals surface area (Å²) < 4.78 is 34.8. The first-order valence-electron chi connectivity index (χ1n) is 27.9. The quantitative estimate of drug-likeness (QED) is 0.0197. The summed E-state index contributed by atoms with van der Waals surface area (Å²) in [7, 11) is 1.37. The van der Waals surface area contributed by atoms with E-state index in [0.29, 0.717) is 24.1 Å². The Kier molecular flexibility index (Phi) is 48.1. The van der Waals surface area contributed by atoms with Gasteiger partial charge >= 0.3 is 5.97 Å². The second-order valence-corrected chi connectivity index (χ2v) is 21.7. The van der Waals surface area contributed by atoms with Gasteiger partial charge in [0.25, 0.3) is 7.82 Å². The Morgan fingerprint density at radius 3 is 1.19 bits per heavy atom. The summed E-state index contributed by atoms with van der Waals surface area (Å²) in [5.74, 6) is -0.327. The molecule has 9 heteroatoms. The van der Waals surface area contributed by atoms with Gasteiger partial charge in [-0.2, -0.15) is 0 Å². The van der Waals surface area contributed by atoms with Gasteiger partial charge in [-0.1, -0.05) is 244 Å². The second kappa shape index (κ2) is 48.7. The molecule has 0 aromatic carbocycles. The third kappa shape index (κ3) is 52.2. The maximum atomic E-state index is 12.8. The van der Waals surface area contributed by atoms with Crippen LogP contribution in [0.1, 0.15) is 277 Å². The predicted octanol–water partition coefficient (Wildman–Crippen LogP) is 16.7. The van der Waals surface area contributed by atoms with Gasteiger partial charge in [0.2, 0.25) is 0 Å². The highest BCUT2D eigenvalue weighted by Gasteiger charge is 2.20. The lowest BCUT2D eigenvalue weighted by Gasteiger charge is -2.28. The van der Waals surface area contributed by atoms with Crippen LogP contribution in [0.2, 0.25) is 0 Å². The molecule has 64 heavy (non-hydrogen) atoms. The Bertz CT molecular complexity index is 1030. The largest absolute Gasteiger partial charge is 0.756 e. The summed E-state index contributed by atoms with van der Waals surface area (Å²) in [6, 6.07) is 0. The zero-order valence-corrected chi connectivity index (χ0v) is 44.4. The van der Waals surface area contributed by atoms with Crippen molar-refractivity contribution in [2.24, 2.45) is 0 Å². The van der Waals surface area contributed by atoms with E-state index in [0.717, 1.165) is 32.1 Å². The highest BCUT2D eigenvalue weighted by atomic mass is 31.2. The van der Waals surface area contributed by atoms with Crippen LogP contribution >= 0.6 is 7.82 Å². The number of unbranched alkanes of at least 4 members (excludes halogenated alkanes) is 37. The zero-order chi connectivity index (χ0) is 46.9. The molecular weight excluding hydrogens is 818 g/mol. The molecule has 0 aromatic rings. The maximum absolute atomic E-state index is 12.8. The average molecular weight is 928 g/mol. The van der Waals surface area contributed by atoms with Crippen LogP contribution in [-0.2, 0) is 27.9 Å². The summed E-state index contributed by atoms with van der Waals surface area (Å²) in [6.07, 6.45) is 56.7. The van der Waals surface area contributed by atoms with Crippen molar-refractivity contribution in [1.82, 2.24) is 0 Å². The summed E-state index contributed by atoms with van der Waals surface area (Å²) in [5.41, 5.74) is 0. The molecule has 0 saturated carbocycles. The molecule has 382 valence electrons. The first kappa shape index (κ1) is 63.2. The molecule has 0 radical (unpaired) electrons. The Hall–Kier alpha value is -0.760. The van der Waals surface area contributed by atoms with Crippen molar-refractivity contribution in [2.75, 3.05) is 54.1 Å². The Labute approximate surface area is 399 Å². The molecule has 0 bridgehead atoms. The molecular formula is C55H110NO7P. The van der Waals surface area contributed by atoms with Crippen molar-refractivity contribution < 1.29 is 37.3 Å². The molecule has 0 rings (SSSR count). The van der Waals surface area contributed by atoms with Crippen LogP contribution in [0.25, 0.3) is 0 Å². The van der Waals surface area contributed by atoms with E-state index < -0.39 is 13.9 Å². The van der Waals surface area contributed by atoms with Gasteiger partial charge < -0.3 is 27.9 Å². The van der Waals surface area contributed by atoms with Crippen LogP contribution in [0.15, 0.2) is 12.2 Å². The third-order valence-electron chi connectivity index (χ3n) is 12.6. The van der Waals surface area contributed by atoms with Crippen LogP contribution in [0.5, 0.6) is 0 Å². The van der Waals surface area contributed by atoms with Crippen LogP contribution in [0.3, 0.4) is 0 Å². The number of carbonyl (C=O) groups is 1. The number of ether oxygens (including phenoxy) is 2. The maximum Gasteiger partial charge on any atom is 0.306 e. The monoisotopic (exact) mass is 928 g/mol. The number of quaternary nitrogens is 1. The normalized spacial score (nSPS) is 13.5. The van der Waals surface area contributed by atoms with E-state index in [-0.39, 0.29) is 25.8 Å². The fraction of sp³-hybridized carbons (Fsp3) is 0.945. The smallest absolute Gasteiger partial charge is 0.306 e. The van der Waals surface area contributed by atoms with Crippen LogP contribution in [0, 0.1) is 0 Å². The molecule has 2 unspecified atom stereocenters. The first-order valence-corrected chi connectivity index (χ1v) is 29.4. The molecule has 0 aliphatic rings. The second-order valence-electron chi connectivity index (χ2n) is 20.3. The van der Waals surface area contributed by atoms with Crippen molar-refractivity contribution >= 4 is 13.8 Å². The standard InChI is InChI=1S/C55H110NO7P/c1-6-8-10-12-14-16-18-20-22-24-26-27-28-29-30-32-34-36-38-40-42-44-46-48-55(57)63-54(53-62-64(58,59)61-51-49-56(3,4)5)52-60-50-47-45-43-41-39-37-35-33-31-25-23-21-19-17-15-13-11-9-7-2/h24,26,54H,6-23,25,27-53H2,1-5H3/b26-24-. The number of phosphoric ester groups is 1. The lowest BCUT2D eigenvalue weighted by Crippen LogP contribution is -2.37. The fourth-order valence-corrected chi connectivity index (χ4v) is 8.98. The molecule has 0 fully saturated rings.